The summed E-state index contributed by atoms with van der Waals surface area (Å²) in [6.45, 7) is 0.765. The van der Waals surface area contributed by atoms with Gasteiger partial charge >= 0.3 is 0 Å². The molecule has 0 saturated heterocycles. The van der Waals surface area contributed by atoms with Gasteiger partial charge in [-0.2, -0.15) is 10.4 Å². The molecular formula is C21H20FN7S. The summed E-state index contributed by atoms with van der Waals surface area (Å²) in [5.74, 6) is 0.788. The van der Waals surface area contributed by atoms with Crippen LogP contribution >= 0.6 is 11.3 Å². The number of thiophene rings is 1. The molecule has 9 heteroatoms. The predicted octanol–water partition coefficient (Wildman–Crippen LogP) is 4.50. The highest BCUT2D eigenvalue weighted by molar-refractivity contribution is 7.17. The maximum Gasteiger partial charge on any atom is 0.163 e. The summed E-state index contributed by atoms with van der Waals surface area (Å²) in [6, 6.07) is 8.55. The van der Waals surface area contributed by atoms with E-state index in [1.54, 1.807) is 29.8 Å². The molecule has 0 fully saturated rings. The van der Waals surface area contributed by atoms with Gasteiger partial charge in [0, 0.05) is 17.5 Å². The Bertz CT molecular complexity index is 1190. The first kappa shape index (κ1) is 19.8. The number of nitrogens with zero attached hydrogens (tertiary/aromatic N) is 4. The average molecular weight is 422 g/mol. The molecule has 0 saturated carbocycles. The van der Waals surface area contributed by atoms with E-state index in [1.165, 1.54) is 12.1 Å². The van der Waals surface area contributed by atoms with Crippen molar-refractivity contribution in [3.63, 3.8) is 0 Å². The molecule has 1 aromatic carbocycles. The molecule has 0 radical (unpaired) electrons. The van der Waals surface area contributed by atoms with E-state index in [2.05, 4.69) is 31.6 Å². The summed E-state index contributed by atoms with van der Waals surface area (Å²) >= 11 is 1.55. The first-order chi connectivity index (χ1) is 14.7. The molecule has 0 atom stereocenters. The number of hydrogen-bond donors (Lipinski definition) is 3. The van der Waals surface area contributed by atoms with Crippen molar-refractivity contribution in [1.82, 2.24) is 20.2 Å². The van der Waals surface area contributed by atoms with Gasteiger partial charge in [0.1, 0.15) is 34.4 Å². The van der Waals surface area contributed by atoms with E-state index in [0.29, 0.717) is 5.56 Å². The third-order valence-corrected chi connectivity index (χ3v) is 5.79. The molecule has 0 aliphatic carbocycles. The number of nitrogens with two attached hydrogens (primary N) is 1. The number of nitrogens with one attached hydrogen (secondary N) is 2. The highest BCUT2D eigenvalue weighted by Crippen LogP contribution is 2.36. The maximum atomic E-state index is 13.3. The van der Waals surface area contributed by atoms with E-state index >= 15 is 0 Å². The lowest BCUT2D eigenvalue weighted by atomic mass is 10.1. The fraction of sp³-hybridized carbons (Fsp3) is 0.238. The number of fused-ring (bicyclic) bond motifs is 1. The minimum absolute atomic E-state index is 0.257. The van der Waals surface area contributed by atoms with Gasteiger partial charge in [-0.1, -0.05) is 18.6 Å². The Labute approximate surface area is 176 Å². The summed E-state index contributed by atoms with van der Waals surface area (Å²) in [5, 5.41) is 22.2. The Kier molecular flexibility index (Phi) is 5.86. The van der Waals surface area contributed by atoms with Crippen molar-refractivity contribution < 1.29 is 4.39 Å². The smallest absolute Gasteiger partial charge is 0.163 e. The molecule has 0 spiro atoms. The third kappa shape index (κ3) is 4.09. The van der Waals surface area contributed by atoms with Crippen LogP contribution in [0.1, 0.15) is 30.5 Å². The molecule has 3 aromatic heterocycles. The summed E-state index contributed by atoms with van der Waals surface area (Å²) in [6.07, 6.45) is 5.16. The van der Waals surface area contributed by atoms with Gasteiger partial charge in [0.05, 0.1) is 11.1 Å². The van der Waals surface area contributed by atoms with Gasteiger partial charge < -0.3 is 11.1 Å². The van der Waals surface area contributed by atoms with Gasteiger partial charge in [0.2, 0.25) is 0 Å². The topological polar surface area (TPSA) is 116 Å². The molecule has 4 rings (SSSR count). The first-order valence-electron chi connectivity index (χ1n) is 9.62. The largest absolute Gasteiger partial charge is 0.381 e. The number of halogens is 1. The van der Waals surface area contributed by atoms with Crippen molar-refractivity contribution in [2.75, 3.05) is 17.6 Å². The van der Waals surface area contributed by atoms with Crippen LogP contribution in [-0.2, 0) is 6.42 Å². The Morgan fingerprint density at radius 2 is 2.00 bits per heavy atom. The van der Waals surface area contributed by atoms with Crippen LogP contribution in [0.4, 0.5) is 16.0 Å². The number of anilines is 2. The summed E-state index contributed by atoms with van der Waals surface area (Å²) < 4.78 is 13.3. The Hall–Kier alpha value is -3.51. The molecule has 0 aliphatic rings. The van der Waals surface area contributed by atoms with Gasteiger partial charge in [-0.15, -0.1) is 11.3 Å². The molecule has 4 N–H and O–H groups in total. The highest BCUT2D eigenvalue weighted by atomic mass is 32.1. The first-order valence-corrected chi connectivity index (χ1v) is 10.5. The monoisotopic (exact) mass is 421 g/mol. The van der Waals surface area contributed by atoms with Crippen LogP contribution in [0.3, 0.4) is 0 Å². The van der Waals surface area contributed by atoms with E-state index in [0.717, 1.165) is 65.1 Å². The number of hydrogen-bond acceptors (Lipinski definition) is 7. The molecule has 0 aliphatic heterocycles. The van der Waals surface area contributed by atoms with Gasteiger partial charge in [-0.25, -0.2) is 14.4 Å². The number of aromatic amines is 1. The predicted molar refractivity (Wildman–Crippen MR) is 117 cm³/mol. The van der Waals surface area contributed by atoms with Gasteiger partial charge in [-0.05, 0) is 37.0 Å². The van der Waals surface area contributed by atoms with Crippen LogP contribution in [-0.4, -0.2) is 26.7 Å². The molecule has 0 bridgehead atoms. The summed E-state index contributed by atoms with van der Waals surface area (Å²) in [4.78, 5) is 9.68. The molecule has 0 amide bonds. The second-order valence-corrected chi connectivity index (χ2v) is 7.73. The molecule has 30 heavy (non-hydrogen) atoms. The van der Waals surface area contributed by atoms with E-state index < -0.39 is 0 Å². The van der Waals surface area contributed by atoms with E-state index in [4.69, 9.17) is 11.0 Å². The van der Waals surface area contributed by atoms with Gasteiger partial charge in [-0.3, -0.25) is 5.10 Å². The Morgan fingerprint density at radius 3 is 2.80 bits per heavy atom. The highest BCUT2D eigenvalue weighted by Gasteiger charge is 2.13. The fourth-order valence-corrected chi connectivity index (χ4v) is 4.28. The number of nitriles is 1. The van der Waals surface area contributed by atoms with Crippen LogP contribution in [0.2, 0.25) is 0 Å². The summed E-state index contributed by atoms with van der Waals surface area (Å²) in [5.41, 5.74) is 8.84. The lowest BCUT2D eigenvalue weighted by molar-refractivity contribution is 0.628. The van der Waals surface area contributed by atoms with Gasteiger partial charge in [0.25, 0.3) is 0 Å². The number of aromatic nitrogens is 4. The number of aryl methyl sites for hydroxylation is 1. The van der Waals surface area contributed by atoms with Gasteiger partial charge in [0.15, 0.2) is 5.82 Å². The number of unbranched alkanes of at least 4 members (excludes halogenated alkanes) is 2. The van der Waals surface area contributed by atoms with E-state index in [1.807, 2.05) is 5.38 Å². The standard InChI is InChI=1S/C21H20FN7S/c22-14-7-5-13(6-8-14)16-11-30-21-18(16)20(26-12-27-21)25-9-3-1-2-4-17-15(10-23)19(24)29-28-17/h5-8,11-12H,1-4,9H2,(H3,24,28,29)(H,25,26,27). The number of benzene rings is 1. The third-order valence-electron chi connectivity index (χ3n) is 4.90. The second kappa shape index (κ2) is 8.88. The molecule has 4 aromatic rings. The molecule has 0 unspecified atom stereocenters. The molecule has 7 nitrogen and oxygen atoms in total. The lowest BCUT2D eigenvalue weighted by Crippen LogP contribution is -2.04. The Balaban J connectivity index is 1.37. The quantitative estimate of drug-likeness (QED) is 0.361. The fourth-order valence-electron chi connectivity index (χ4n) is 3.36. The van der Waals surface area contributed by atoms with Crippen molar-refractivity contribution in [3.8, 4) is 17.2 Å². The number of H-pyrrole nitrogens is 1. The normalized spacial score (nSPS) is 10.9. The zero-order valence-corrected chi connectivity index (χ0v) is 17.0. The lowest BCUT2D eigenvalue weighted by Gasteiger charge is -2.08. The summed E-state index contributed by atoms with van der Waals surface area (Å²) in [7, 11) is 0. The van der Waals surface area contributed by atoms with E-state index in [-0.39, 0.29) is 11.6 Å². The van der Waals surface area contributed by atoms with Crippen molar-refractivity contribution in [1.29, 1.82) is 5.26 Å². The SMILES string of the molecule is N#Cc1c(N)n[nH]c1CCCCCNc1ncnc2scc(-c3ccc(F)cc3)c12. The molecule has 152 valence electrons. The van der Waals surface area contributed by atoms with E-state index in [9.17, 15) is 4.39 Å². The van der Waals surface area contributed by atoms with Crippen LogP contribution in [0.5, 0.6) is 0 Å². The van der Waals surface area contributed by atoms with Crippen LogP contribution in [0, 0.1) is 17.1 Å². The van der Waals surface area contributed by atoms with Crippen molar-refractivity contribution in [3.05, 3.63) is 53.0 Å². The Morgan fingerprint density at radius 1 is 1.17 bits per heavy atom. The van der Waals surface area contributed by atoms with Crippen molar-refractivity contribution in [2.24, 2.45) is 0 Å². The van der Waals surface area contributed by atoms with Crippen molar-refractivity contribution in [2.45, 2.75) is 25.7 Å². The minimum atomic E-state index is -0.257. The zero-order chi connectivity index (χ0) is 20.9. The number of rotatable bonds is 8. The zero-order valence-electron chi connectivity index (χ0n) is 16.2. The van der Waals surface area contributed by atoms with Crippen LogP contribution in [0.25, 0.3) is 21.3 Å². The second-order valence-electron chi connectivity index (χ2n) is 6.87. The average Bonchev–Trinajstić information content (AvgIpc) is 3.35. The van der Waals surface area contributed by atoms with Crippen LogP contribution in [0.15, 0.2) is 36.0 Å². The maximum absolute atomic E-state index is 13.3. The van der Waals surface area contributed by atoms with Crippen molar-refractivity contribution >= 4 is 33.2 Å². The molecular weight excluding hydrogens is 401 g/mol. The van der Waals surface area contributed by atoms with Crippen LogP contribution < -0.4 is 11.1 Å². The number of nitrogen functional groups attached to an aromatic ring is 1. The minimum Gasteiger partial charge on any atom is -0.381 e. The molecule has 3 heterocycles.